The van der Waals surface area contributed by atoms with Gasteiger partial charge in [-0.15, -0.1) is 0 Å². The fourth-order valence-electron chi connectivity index (χ4n) is 4.22. The second-order valence-electron chi connectivity index (χ2n) is 8.93. The molecule has 0 amide bonds. The summed E-state index contributed by atoms with van der Waals surface area (Å²) >= 11 is 0. The molecule has 4 rings (SSSR count). The minimum absolute atomic E-state index is 0.159. The van der Waals surface area contributed by atoms with Gasteiger partial charge in [-0.25, -0.2) is 0 Å². The van der Waals surface area contributed by atoms with Gasteiger partial charge in [-0.05, 0) is 75.9 Å². The van der Waals surface area contributed by atoms with Crippen molar-refractivity contribution in [2.45, 2.75) is 51.4 Å². The van der Waals surface area contributed by atoms with Crippen LogP contribution in [0, 0.1) is 0 Å². The third-order valence-corrected chi connectivity index (χ3v) is 6.07. The van der Waals surface area contributed by atoms with Crippen molar-refractivity contribution in [3.63, 3.8) is 0 Å². The Labute approximate surface area is 161 Å². The van der Waals surface area contributed by atoms with Gasteiger partial charge in [-0.3, -0.25) is 4.79 Å². The maximum atomic E-state index is 11.2. The number of hydrogen-bond donors (Lipinski definition) is 0. The van der Waals surface area contributed by atoms with E-state index < -0.39 is 0 Å². The van der Waals surface area contributed by atoms with Crippen LogP contribution in [-0.4, -0.2) is 6.29 Å². The molecule has 0 fully saturated rings. The Kier molecular flexibility index (Phi) is 4.10. The van der Waals surface area contributed by atoms with E-state index >= 15 is 0 Å². The molecule has 3 aromatic carbocycles. The number of aldehydes is 1. The van der Waals surface area contributed by atoms with Crippen molar-refractivity contribution in [1.82, 2.24) is 0 Å². The smallest absolute Gasteiger partial charge is 0.150 e. The molecule has 0 spiro atoms. The van der Waals surface area contributed by atoms with E-state index in [1.165, 1.54) is 24.0 Å². The molecule has 3 aromatic rings. The van der Waals surface area contributed by atoms with E-state index in [2.05, 4.69) is 45.9 Å². The Morgan fingerprint density at radius 1 is 0.815 bits per heavy atom. The minimum atomic E-state index is 0.159. The highest BCUT2D eigenvalue weighted by molar-refractivity contribution is 5.98. The summed E-state index contributed by atoms with van der Waals surface area (Å²) < 4.78 is 6.20. The predicted molar refractivity (Wildman–Crippen MR) is 111 cm³/mol. The molecule has 1 aliphatic rings. The third-order valence-electron chi connectivity index (χ3n) is 6.07. The second kappa shape index (κ2) is 6.23. The lowest BCUT2D eigenvalue weighted by Crippen LogP contribution is -2.33. The average molecular weight is 358 g/mol. The molecular weight excluding hydrogens is 332 g/mol. The van der Waals surface area contributed by atoms with Gasteiger partial charge >= 0.3 is 0 Å². The zero-order valence-corrected chi connectivity index (χ0v) is 16.5. The number of rotatable bonds is 3. The van der Waals surface area contributed by atoms with Crippen LogP contribution in [0.4, 0.5) is 0 Å². The van der Waals surface area contributed by atoms with Crippen molar-refractivity contribution in [3.05, 3.63) is 71.3 Å². The summed E-state index contributed by atoms with van der Waals surface area (Å²) in [6.07, 6.45) is 3.29. The van der Waals surface area contributed by atoms with Crippen LogP contribution in [0.3, 0.4) is 0 Å². The highest BCUT2D eigenvalue weighted by Gasteiger charge is 2.37. The van der Waals surface area contributed by atoms with Gasteiger partial charge in [0.1, 0.15) is 11.5 Å². The van der Waals surface area contributed by atoms with Crippen molar-refractivity contribution in [2.75, 3.05) is 0 Å². The Balaban J connectivity index is 1.71. The van der Waals surface area contributed by atoms with E-state index in [0.717, 1.165) is 28.6 Å². The van der Waals surface area contributed by atoms with E-state index in [1.54, 1.807) is 0 Å². The zero-order valence-electron chi connectivity index (χ0n) is 16.5. The first-order chi connectivity index (χ1) is 12.8. The fourth-order valence-corrected chi connectivity index (χ4v) is 4.22. The molecule has 0 aromatic heterocycles. The lowest BCUT2D eigenvalue weighted by atomic mass is 9.63. The zero-order chi connectivity index (χ0) is 19.2. The van der Waals surface area contributed by atoms with Crippen LogP contribution in [0.25, 0.3) is 10.8 Å². The molecule has 0 saturated heterocycles. The molecule has 0 radical (unpaired) electrons. The van der Waals surface area contributed by atoms with Crippen molar-refractivity contribution in [2.24, 2.45) is 0 Å². The van der Waals surface area contributed by atoms with E-state index in [9.17, 15) is 4.79 Å². The number of carbonyl (C=O) groups excluding carboxylic acids is 1. The van der Waals surface area contributed by atoms with Gasteiger partial charge in [0.2, 0.25) is 0 Å². The Morgan fingerprint density at radius 3 is 2.22 bits per heavy atom. The highest BCUT2D eigenvalue weighted by atomic mass is 16.5. The van der Waals surface area contributed by atoms with Crippen molar-refractivity contribution < 1.29 is 9.53 Å². The van der Waals surface area contributed by atoms with Crippen LogP contribution in [0.2, 0.25) is 0 Å². The summed E-state index contributed by atoms with van der Waals surface area (Å²) in [5.74, 6) is 1.66. The van der Waals surface area contributed by atoms with Gasteiger partial charge in [0.15, 0.2) is 6.29 Å². The summed E-state index contributed by atoms with van der Waals surface area (Å²) in [4.78, 5) is 11.2. The van der Waals surface area contributed by atoms with Crippen molar-refractivity contribution in [3.8, 4) is 11.5 Å². The van der Waals surface area contributed by atoms with Crippen LogP contribution >= 0.6 is 0 Å². The summed E-state index contributed by atoms with van der Waals surface area (Å²) in [5, 5.41) is 1.96. The first-order valence-electron chi connectivity index (χ1n) is 9.61. The highest BCUT2D eigenvalue weighted by Crippen LogP contribution is 2.47. The Morgan fingerprint density at radius 2 is 1.48 bits per heavy atom. The van der Waals surface area contributed by atoms with Crippen LogP contribution in [0.5, 0.6) is 11.5 Å². The van der Waals surface area contributed by atoms with Gasteiger partial charge in [-0.1, -0.05) is 52.0 Å². The lowest BCUT2D eigenvalue weighted by molar-refractivity contribution is 0.112. The first kappa shape index (κ1) is 17.8. The van der Waals surface area contributed by atoms with Crippen molar-refractivity contribution in [1.29, 1.82) is 0 Å². The lowest BCUT2D eigenvalue weighted by Gasteiger charge is -2.41. The fraction of sp³-hybridized carbons (Fsp3) is 0.320. The largest absolute Gasteiger partial charge is 0.457 e. The summed E-state index contributed by atoms with van der Waals surface area (Å²) in [5.41, 5.74) is 3.89. The molecule has 0 heterocycles. The van der Waals surface area contributed by atoms with Gasteiger partial charge in [0.05, 0.1) is 0 Å². The Hall–Kier alpha value is -2.61. The topological polar surface area (TPSA) is 26.3 Å². The molecule has 0 saturated carbocycles. The van der Waals surface area contributed by atoms with E-state index in [-0.39, 0.29) is 10.8 Å². The molecule has 0 atom stereocenters. The Bertz CT molecular complexity index is 1030. The van der Waals surface area contributed by atoms with Crippen LogP contribution in [0.1, 0.15) is 62.0 Å². The van der Waals surface area contributed by atoms with Gasteiger partial charge in [0, 0.05) is 5.56 Å². The molecule has 0 N–H and O–H groups in total. The molecule has 1 aliphatic carbocycles. The second-order valence-corrected chi connectivity index (χ2v) is 8.93. The summed E-state index contributed by atoms with van der Waals surface area (Å²) in [7, 11) is 0. The number of carbonyl (C=O) groups is 1. The average Bonchev–Trinajstić information content (AvgIpc) is 2.65. The van der Waals surface area contributed by atoms with Gasteiger partial charge < -0.3 is 4.74 Å². The molecule has 0 unspecified atom stereocenters. The molecule has 2 nitrogen and oxygen atoms in total. The van der Waals surface area contributed by atoms with Gasteiger partial charge in [0.25, 0.3) is 0 Å². The predicted octanol–water partition coefficient (Wildman–Crippen LogP) is 6.79. The van der Waals surface area contributed by atoms with E-state index in [1.807, 2.05) is 36.4 Å². The molecular formula is C25H26O2. The molecule has 0 aliphatic heterocycles. The van der Waals surface area contributed by atoms with Crippen LogP contribution in [-0.2, 0) is 10.8 Å². The number of fused-ring (bicyclic) bond motifs is 2. The maximum Gasteiger partial charge on any atom is 0.150 e. The quantitative estimate of drug-likeness (QED) is 0.482. The molecule has 27 heavy (non-hydrogen) atoms. The first-order valence-corrected chi connectivity index (χ1v) is 9.61. The van der Waals surface area contributed by atoms with E-state index in [0.29, 0.717) is 5.56 Å². The summed E-state index contributed by atoms with van der Waals surface area (Å²) in [6.45, 7) is 9.30. The number of hydrogen-bond acceptors (Lipinski definition) is 2. The standard InChI is InChI=1S/C25H26O2/c1-24(2)12-13-25(3,4)23-15-20(9-11-22(23)24)27-19-8-10-21-17(14-19)6-5-7-18(21)16-26/h5-11,14-16H,12-13H2,1-4H3. The number of benzene rings is 3. The molecule has 0 bridgehead atoms. The molecule has 138 valence electrons. The normalized spacial score (nSPS) is 17.3. The van der Waals surface area contributed by atoms with Crippen LogP contribution in [0.15, 0.2) is 54.6 Å². The van der Waals surface area contributed by atoms with Crippen LogP contribution < -0.4 is 4.74 Å². The third kappa shape index (κ3) is 3.14. The number of ether oxygens (including phenoxy) is 1. The minimum Gasteiger partial charge on any atom is -0.457 e. The summed E-state index contributed by atoms with van der Waals surface area (Å²) in [6, 6.07) is 18.2. The SMILES string of the molecule is CC1(C)CCC(C)(C)c2cc(Oc3ccc4c(C=O)cccc4c3)ccc21. The van der Waals surface area contributed by atoms with Crippen molar-refractivity contribution >= 4 is 17.1 Å². The molecule has 2 heteroatoms. The van der Waals surface area contributed by atoms with Gasteiger partial charge in [-0.2, -0.15) is 0 Å². The van der Waals surface area contributed by atoms with E-state index in [4.69, 9.17) is 4.74 Å². The maximum absolute atomic E-state index is 11.2. The monoisotopic (exact) mass is 358 g/mol.